The fourth-order valence-electron chi connectivity index (χ4n) is 14.5. The van der Waals surface area contributed by atoms with Crippen molar-refractivity contribution in [2.75, 3.05) is 0 Å². The average molecular weight is 577 g/mol. The van der Waals surface area contributed by atoms with Gasteiger partial charge in [0.05, 0.1) is 12.2 Å². The molecule has 42 heavy (non-hydrogen) atoms. The summed E-state index contributed by atoms with van der Waals surface area (Å²) >= 11 is 0. The molecule has 0 spiro atoms. The molecule has 4 heteroatoms. The van der Waals surface area contributed by atoms with Crippen LogP contribution >= 0.6 is 0 Å². The summed E-state index contributed by atoms with van der Waals surface area (Å²) in [6.45, 7) is 10.4. The number of hydrogen-bond donors (Lipinski definition) is 2. The van der Waals surface area contributed by atoms with Crippen molar-refractivity contribution < 1.29 is 10.2 Å². The molecule has 0 radical (unpaired) electrons. The van der Waals surface area contributed by atoms with Crippen molar-refractivity contribution in [1.82, 2.24) is 0 Å². The molecule has 0 aromatic heterocycles. The Balaban J connectivity index is 1.00. The van der Waals surface area contributed by atoms with Gasteiger partial charge in [0.15, 0.2) is 0 Å². The molecule has 0 aromatic rings. The van der Waals surface area contributed by atoms with E-state index in [9.17, 15) is 10.2 Å². The van der Waals surface area contributed by atoms with Crippen molar-refractivity contribution in [2.24, 2.45) is 79.2 Å². The van der Waals surface area contributed by atoms with Crippen LogP contribution in [-0.4, -0.2) is 33.8 Å². The van der Waals surface area contributed by atoms with Crippen molar-refractivity contribution in [2.45, 2.75) is 155 Å². The molecule has 0 heterocycles. The second-order valence-corrected chi connectivity index (χ2v) is 18.3. The molecule has 8 aliphatic rings. The maximum atomic E-state index is 10.4. The minimum absolute atomic E-state index is 0.0516. The van der Waals surface area contributed by atoms with Crippen LogP contribution in [0, 0.1) is 69.0 Å². The Morgan fingerprint density at radius 3 is 1.36 bits per heavy atom. The van der Waals surface area contributed by atoms with Gasteiger partial charge in [0.25, 0.3) is 0 Å². The lowest BCUT2D eigenvalue weighted by Crippen LogP contribution is -2.54. The molecule has 0 bridgehead atoms. The zero-order valence-electron chi connectivity index (χ0n) is 27.3. The number of rotatable bonds is 1. The molecule has 2 N–H and O–H groups in total. The van der Waals surface area contributed by atoms with Gasteiger partial charge in [0, 0.05) is 22.3 Å². The van der Waals surface area contributed by atoms with E-state index in [0.717, 1.165) is 85.9 Å². The summed E-state index contributed by atoms with van der Waals surface area (Å²) in [6.07, 6.45) is 22.2. The monoisotopic (exact) mass is 576 g/mol. The molecule has 0 saturated heterocycles. The summed E-state index contributed by atoms with van der Waals surface area (Å²) in [5.74, 6) is 6.44. The quantitative estimate of drug-likeness (QED) is 0.307. The first-order chi connectivity index (χ1) is 20.1. The highest BCUT2D eigenvalue weighted by Crippen LogP contribution is 2.67. The predicted molar refractivity (Wildman–Crippen MR) is 170 cm³/mol. The smallest absolute Gasteiger partial charge is 0.0543 e. The van der Waals surface area contributed by atoms with E-state index in [1.165, 1.54) is 88.5 Å². The Labute approximate surface area is 256 Å². The van der Waals surface area contributed by atoms with Gasteiger partial charge in [-0.3, -0.25) is 0 Å². The van der Waals surface area contributed by atoms with Gasteiger partial charge >= 0.3 is 0 Å². The Bertz CT molecular complexity index is 1060. The largest absolute Gasteiger partial charge is 0.393 e. The van der Waals surface area contributed by atoms with Crippen LogP contribution in [0.3, 0.4) is 0 Å². The normalized spacial score (nSPS) is 58.9. The third-order valence-electron chi connectivity index (χ3n) is 17.0. The first-order valence-electron chi connectivity index (χ1n) is 18.6. The van der Waals surface area contributed by atoms with E-state index in [0.29, 0.717) is 10.8 Å². The molecular weight excluding hydrogens is 516 g/mol. The molecule has 0 aromatic carbocycles. The number of fused-ring (bicyclic) bond motifs is 10. The molecule has 0 amide bonds. The standard InChI is InChI=1S/C38H60N2O2/c1-35-17-13-25(41)21-23(35)5-7-27-29-9-11-33(37(29,3)19-15-31(27)35)39-40-34-12-10-30-28-8-6-24-22-26(42)14-18-36(24,2)32(28)16-20-38(30,34)4/h23-32,41-42H,5-22H2,1-4H3/b39-33-,40-34+/t23-,24-,25-,26-,27-,28-,29-,30-,31-,32-,35-,36-,37-,38-/m0/s1. The third-order valence-corrected chi connectivity index (χ3v) is 17.0. The first kappa shape index (κ1) is 28.7. The molecule has 4 nitrogen and oxygen atoms in total. The van der Waals surface area contributed by atoms with Gasteiger partial charge in [-0.1, -0.05) is 27.7 Å². The average Bonchev–Trinajstić information content (AvgIpc) is 3.48. The Morgan fingerprint density at radius 1 is 0.500 bits per heavy atom. The van der Waals surface area contributed by atoms with E-state index in [1.54, 1.807) is 0 Å². The zero-order valence-corrected chi connectivity index (χ0v) is 27.3. The maximum Gasteiger partial charge on any atom is 0.0543 e. The van der Waals surface area contributed by atoms with Crippen molar-refractivity contribution in [3.63, 3.8) is 0 Å². The Morgan fingerprint density at radius 2 is 0.929 bits per heavy atom. The van der Waals surface area contributed by atoms with Crippen LogP contribution < -0.4 is 0 Å². The second-order valence-electron chi connectivity index (χ2n) is 18.3. The maximum absolute atomic E-state index is 10.4. The molecule has 234 valence electrons. The van der Waals surface area contributed by atoms with Gasteiger partial charge < -0.3 is 10.2 Å². The summed E-state index contributed by atoms with van der Waals surface area (Å²) in [5.41, 5.74) is 4.28. The lowest BCUT2D eigenvalue weighted by Gasteiger charge is -2.60. The fourth-order valence-corrected chi connectivity index (χ4v) is 14.5. The molecule has 8 fully saturated rings. The molecule has 0 aliphatic heterocycles. The van der Waals surface area contributed by atoms with Gasteiger partial charge in [-0.05, 0) is 174 Å². The van der Waals surface area contributed by atoms with Crippen molar-refractivity contribution in [1.29, 1.82) is 0 Å². The van der Waals surface area contributed by atoms with Crippen LogP contribution in [0.1, 0.15) is 143 Å². The number of aliphatic hydroxyl groups is 2. The van der Waals surface area contributed by atoms with E-state index in [2.05, 4.69) is 27.7 Å². The minimum atomic E-state index is -0.0516. The van der Waals surface area contributed by atoms with E-state index in [-0.39, 0.29) is 23.0 Å². The van der Waals surface area contributed by atoms with Crippen LogP contribution in [-0.2, 0) is 0 Å². The van der Waals surface area contributed by atoms with E-state index < -0.39 is 0 Å². The molecule has 8 aliphatic carbocycles. The number of nitrogens with zero attached hydrogens (tertiary/aromatic N) is 2. The van der Waals surface area contributed by atoms with Crippen LogP contribution in [0.2, 0.25) is 0 Å². The molecule has 8 rings (SSSR count). The van der Waals surface area contributed by atoms with Gasteiger partial charge in [-0.25, -0.2) is 0 Å². The summed E-state index contributed by atoms with van der Waals surface area (Å²) in [5, 5.41) is 31.4. The zero-order chi connectivity index (χ0) is 29.1. The van der Waals surface area contributed by atoms with E-state index >= 15 is 0 Å². The predicted octanol–water partition coefficient (Wildman–Crippen LogP) is 8.59. The van der Waals surface area contributed by atoms with Crippen LogP contribution in [0.4, 0.5) is 0 Å². The summed E-state index contributed by atoms with van der Waals surface area (Å²) in [4.78, 5) is 0. The number of hydrogen-bond acceptors (Lipinski definition) is 4. The second kappa shape index (κ2) is 9.88. The molecular formula is C38H60N2O2. The van der Waals surface area contributed by atoms with Gasteiger partial charge in [-0.2, -0.15) is 10.2 Å². The van der Waals surface area contributed by atoms with Crippen LogP contribution in [0.15, 0.2) is 10.2 Å². The molecule has 14 atom stereocenters. The lowest BCUT2D eigenvalue weighted by atomic mass is 9.45. The summed E-state index contributed by atoms with van der Waals surface area (Å²) in [6, 6.07) is 0. The molecule has 8 saturated carbocycles. The van der Waals surface area contributed by atoms with E-state index in [4.69, 9.17) is 10.2 Å². The van der Waals surface area contributed by atoms with Gasteiger partial charge in [0.2, 0.25) is 0 Å². The summed E-state index contributed by atoms with van der Waals surface area (Å²) < 4.78 is 0. The van der Waals surface area contributed by atoms with Crippen molar-refractivity contribution in [3.8, 4) is 0 Å². The Kier molecular flexibility index (Phi) is 6.75. The fraction of sp³-hybridized carbons (Fsp3) is 0.947. The first-order valence-corrected chi connectivity index (χ1v) is 18.6. The number of aliphatic hydroxyl groups excluding tert-OH is 2. The lowest BCUT2D eigenvalue weighted by molar-refractivity contribution is -0.114. The van der Waals surface area contributed by atoms with Crippen LogP contribution in [0.5, 0.6) is 0 Å². The van der Waals surface area contributed by atoms with Gasteiger partial charge in [0.1, 0.15) is 0 Å². The Hall–Kier alpha value is -0.740. The highest BCUT2D eigenvalue weighted by atomic mass is 16.3. The van der Waals surface area contributed by atoms with E-state index in [1.807, 2.05) is 0 Å². The SMILES string of the molecule is C[C@]12CC[C@H](O)C[C@@H]1CC[C@@H]1[C@@H]2CC[C@]2(C)/C(=N\N=C3/CC[C@H]4[C@@H]5CC[C@H]6C[C@@H](O)CC[C@]6(C)[C@H]5CC[C@]34C)CC[C@@H]12. The third kappa shape index (κ3) is 3.97. The molecule has 0 unspecified atom stereocenters. The highest BCUT2D eigenvalue weighted by molar-refractivity contribution is 5.95. The summed E-state index contributed by atoms with van der Waals surface area (Å²) in [7, 11) is 0. The van der Waals surface area contributed by atoms with Crippen molar-refractivity contribution in [3.05, 3.63) is 0 Å². The minimum Gasteiger partial charge on any atom is -0.393 e. The highest BCUT2D eigenvalue weighted by Gasteiger charge is 2.61. The van der Waals surface area contributed by atoms with Gasteiger partial charge in [-0.15, -0.1) is 0 Å². The van der Waals surface area contributed by atoms with Crippen molar-refractivity contribution >= 4 is 11.4 Å². The van der Waals surface area contributed by atoms with Crippen LogP contribution in [0.25, 0.3) is 0 Å². The topological polar surface area (TPSA) is 65.2 Å².